The van der Waals surface area contributed by atoms with Crippen LogP contribution in [0, 0.1) is 11.8 Å². The molecule has 0 saturated heterocycles. The van der Waals surface area contributed by atoms with Crippen molar-refractivity contribution in [2.24, 2.45) is 17.6 Å². The van der Waals surface area contributed by atoms with Crippen LogP contribution in [-0.4, -0.2) is 0 Å². The van der Waals surface area contributed by atoms with E-state index in [9.17, 15) is 0 Å². The Hall–Kier alpha value is -0.720. The maximum absolute atomic E-state index is 6.02. The molecule has 0 aromatic carbocycles. The first-order valence-electron chi connectivity index (χ1n) is 5.19. The SMILES string of the molecule is CCC1CC(C)=C(C)C=C(N)C1C. The summed E-state index contributed by atoms with van der Waals surface area (Å²) in [4.78, 5) is 0. The summed E-state index contributed by atoms with van der Waals surface area (Å²) < 4.78 is 0. The highest BCUT2D eigenvalue weighted by Crippen LogP contribution is 2.31. The number of allylic oxidation sites excluding steroid dienone is 4. The second-order valence-electron chi connectivity index (χ2n) is 4.27. The Kier molecular flexibility index (Phi) is 3.18. The molecule has 1 heteroatoms. The Morgan fingerprint density at radius 2 is 2.08 bits per heavy atom. The molecule has 0 spiro atoms. The molecule has 0 radical (unpaired) electrons. The van der Waals surface area contributed by atoms with Crippen molar-refractivity contribution >= 4 is 0 Å². The van der Waals surface area contributed by atoms with Gasteiger partial charge in [0.1, 0.15) is 0 Å². The lowest BCUT2D eigenvalue weighted by Crippen LogP contribution is -2.17. The molecule has 1 rings (SSSR count). The van der Waals surface area contributed by atoms with Crippen LogP contribution in [0.4, 0.5) is 0 Å². The Bertz CT molecular complexity index is 248. The van der Waals surface area contributed by atoms with Crippen molar-refractivity contribution in [1.82, 2.24) is 0 Å². The highest BCUT2D eigenvalue weighted by Gasteiger charge is 2.21. The quantitative estimate of drug-likeness (QED) is 0.657. The highest BCUT2D eigenvalue weighted by atomic mass is 14.6. The van der Waals surface area contributed by atoms with Crippen LogP contribution in [-0.2, 0) is 0 Å². The third-order valence-corrected chi connectivity index (χ3v) is 3.38. The standard InChI is InChI=1S/C12H21N/c1-5-11-6-8(2)9(3)7-12(13)10(11)4/h7,10-11H,5-6,13H2,1-4H3. The molecule has 0 heterocycles. The lowest BCUT2D eigenvalue weighted by Gasteiger charge is -2.21. The second kappa shape index (κ2) is 3.99. The maximum Gasteiger partial charge on any atom is 0.0115 e. The van der Waals surface area contributed by atoms with Gasteiger partial charge < -0.3 is 5.73 Å². The summed E-state index contributed by atoms with van der Waals surface area (Å²) in [6.07, 6.45) is 4.58. The number of nitrogens with two attached hydrogens (primary N) is 1. The van der Waals surface area contributed by atoms with Crippen molar-refractivity contribution in [1.29, 1.82) is 0 Å². The maximum atomic E-state index is 6.02. The molecular weight excluding hydrogens is 158 g/mol. The molecule has 2 atom stereocenters. The smallest absolute Gasteiger partial charge is 0.0115 e. The third kappa shape index (κ3) is 2.15. The van der Waals surface area contributed by atoms with Crippen molar-refractivity contribution in [2.75, 3.05) is 0 Å². The van der Waals surface area contributed by atoms with Gasteiger partial charge in [0.05, 0.1) is 0 Å². The van der Waals surface area contributed by atoms with Gasteiger partial charge >= 0.3 is 0 Å². The van der Waals surface area contributed by atoms with Crippen LogP contribution in [0.1, 0.15) is 40.5 Å². The Balaban J connectivity index is 2.95. The molecule has 74 valence electrons. The monoisotopic (exact) mass is 179 g/mol. The molecule has 0 aromatic heterocycles. The predicted molar refractivity (Wildman–Crippen MR) is 58.2 cm³/mol. The average Bonchev–Trinajstić information content (AvgIpc) is 2.18. The summed E-state index contributed by atoms with van der Waals surface area (Å²) in [5.41, 5.74) is 9.94. The van der Waals surface area contributed by atoms with Crippen molar-refractivity contribution in [2.45, 2.75) is 40.5 Å². The van der Waals surface area contributed by atoms with Crippen molar-refractivity contribution in [3.05, 3.63) is 22.9 Å². The van der Waals surface area contributed by atoms with Gasteiger partial charge in [0.2, 0.25) is 0 Å². The zero-order valence-corrected chi connectivity index (χ0v) is 9.22. The van der Waals surface area contributed by atoms with Crippen LogP contribution in [0.3, 0.4) is 0 Å². The van der Waals surface area contributed by atoms with E-state index in [0.29, 0.717) is 5.92 Å². The predicted octanol–water partition coefficient (Wildman–Crippen LogP) is 3.23. The van der Waals surface area contributed by atoms with E-state index in [1.165, 1.54) is 24.0 Å². The van der Waals surface area contributed by atoms with Gasteiger partial charge in [-0.3, -0.25) is 0 Å². The molecular formula is C12H21N. The van der Waals surface area contributed by atoms with Gasteiger partial charge in [-0.1, -0.05) is 31.4 Å². The Labute approximate surface area is 81.7 Å². The van der Waals surface area contributed by atoms with Gasteiger partial charge in [0.25, 0.3) is 0 Å². The minimum atomic E-state index is 0.539. The number of hydrogen-bond donors (Lipinski definition) is 1. The van der Waals surface area contributed by atoms with Gasteiger partial charge in [-0.15, -0.1) is 0 Å². The van der Waals surface area contributed by atoms with Gasteiger partial charge in [-0.25, -0.2) is 0 Å². The average molecular weight is 179 g/mol. The van der Waals surface area contributed by atoms with Crippen molar-refractivity contribution < 1.29 is 0 Å². The van der Waals surface area contributed by atoms with E-state index in [-0.39, 0.29) is 0 Å². The number of rotatable bonds is 1. The van der Waals surface area contributed by atoms with Crippen molar-refractivity contribution in [3.63, 3.8) is 0 Å². The van der Waals surface area contributed by atoms with Crippen molar-refractivity contribution in [3.8, 4) is 0 Å². The fourth-order valence-corrected chi connectivity index (χ4v) is 2.01. The summed E-state index contributed by atoms with van der Waals surface area (Å²) in [7, 11) is 0. The summed E-state index contributed by atoms with van der Waals surface area (Å²) >= 11 is 0. The molecule has 1 aliphatic carbocycles. The zero-order valence-electron chi connectivity index (χ0n) is 9.22. The van der Waals surface area contributed by atoms with Gasteiger partial charge in [-0.05, 0) is 38.2 Å². The summed E-state index contributed by atoms with van der Waals surface area (Å²) in [6.45, 7) is 8.88. The van der Waals surface area contributed by atoms with Gasteiger partial charge in [-0.2, -0.15) is 0 Å². The van der Waals surface area contributed by atoms with E-state index >= 15 is 0 Å². The van der Waals surface area contributed by atoms with Gasteiger partial charge in [0, 0.05) is 5.70 Å². The molecule has 0 saturated carbocycles. The fraction of sp³-hybridized carbons (Fsp3) is 0.667. The molecule has 0 aliphatic heterocycles. The highest BCUT2D eigenvalue weighted by molar-refractivity contribution is 5.29. The van der Waals surface area contributed by atoms with E-state index in [1.54, 1.807) is 0 Å². The lowest BCUT2D eigenvalue weighted by atomic mass is 9.86. The summed E-state index contributed by atoms with van der Waals surface area (Å²) in [5.74, 6) is 1.27. The normalized spacial score (nSPS) is 30.0. The minimum absolute atomic E-state index is 0.539. The van der Waals surface area contributed by atoms with E-state index in [4.69, 9.17) is 5.73 Å². The second-order valence-corrected chi connectivity index (χ2v) is 4.27. The molecule has 0 bridgehead atoms. The molecule has 0 amide bonds. The Morgan fingerprint density at radius 1 is 1.46 bits per heavy atom. The first kappa shape index (κ1) is 10.4. The molecule has 0 fully saturated rings. The van der Waals surface area contributed by atoms with Crippen LogP contribution in [0.25, 0.3) is 0 Å². The number of hydrogen-bond acceptors (Lipinski definition) is 1. The van der Waals surface area contributed by atoms with Crippen LogP contribution in [0.5, 0.6) is 0 Å². The molecule has 2 unspecified atom stereocenters. The van der Waals surface area contributed by atoms with Crippen LogP contribution in [0.2, 0.25) is 0 Å². The summed E-state index contributed by atoms with van der Waals surface area (Å²) in [5, 5.41) is 0. The Morgan fingerprint density at radius 3 is 2.62 bits per heavy atom. The fourth-order valence-electron chi connectivity index (χ4n) is 2.01. The topological polar surface area (TPSA) is 26.0 Å². The van der Waals surface area contributed by atoms with E-state index in [1.807, 2.05) is 0 Å². The molecule has 2 N–H and O–H groups in total. The minimum Gasteiger partial charge on any atom is -0.402 e. The molecule has 13 heavy (non-hydrogen) atoms. The summed E-state index contributed by atoms with van der Waals surface area (Å²) in [6, 6.07) is 0. The lowest BCUT2D eigenvalue weighted by molar-refractivity contribution is 0.388. The molecule has 0 aromatic rings. The molecule has 1 aliphatic rings. The van der Waals surface area contributed by atoms with Crippen LogP contribution < -0.4 is 5.73 Å². The van der Waals surface area contributed by atoms with Crippen LogP contribution >= 0.6 is 0 Å². The largest absolute Gasteiger partial charge is 0.402 e. The zero-order chi connectivity index (χ0) is 10.0. The first-order chi connectivity index (χ1) is 6.06. The molecule has 1 nitrogen and oxygen atoms in total. The van der Waals surface area contributed by atoms with E-state index in [0.717, 1.165) is 11.6 Å². The first-order valence-corrected chi connectivity index (χ1v) is 5.19. The van der Waals surface area contributed by atoms with E-state index < -0.39 is 0 Å². The van der Waals surface area contributed by atoms with Crippen LogP contribution in [0.15, 0.2) is 22.9 Å². The van der Waals surface area contributed by atoms with E-state index in [2.05, 4.69) is 33.8 Å². The third-order valence-electron chi connectivity index (χ3n) is 3.38. The van der Waals surface area contributed by atoms with Gasteiger partial charge in [0.15, 0.2) is 0 Å².